The van der Waals surface area contributed by atoms with Crippen molar-refractivity contribution in [2.75, 3.05) is 45.8 Å². The Kier molecular flexibility index (Phi) is 7.92. The van der Waals surface area contributed by atoms with Crippen LogP contribution in [0.3, 0.4) is 0 Å². The van der Waals surface area contributed by atoms with Crippen LogP contribution in [0.5, 0.6) is 0 Å². The maximum Gasteiger partial charge on any atom is 0.222 e. The monoisotopic (exact) mass is 417 g/mol. The summed E-state index contributed by atoms with van der Waals surface area (Å²) >= 11 is 0. The van der Waals surface area contributed by atoms with Crippen LogP contribution in [0.25, 0.3) is 0 Å². The highest BCUT2D eigenvalue weighted by atomic mass is 16.2. The molecule has 0 bridgehead atoms. The highest BCUT2D eigenvalue weighted by molar-refractivity contribution is 5.77. The normalized spacial score (nSPS) is 18.8. The van der Waals surface area contributed by atoms with E-state index in [0.29, 0.717) is 24.7 Å². The van der Waals surface area contributed by atoms with Gasteiger partial charge in [0.1, 0.15) is 0 Å². The van der Waals surface area contributed by atoms with Gasteiger partial charge in [0.15, 0.2) is 0 Å². The first-order valence-electron chi connectivity index (χ1n) is 11.7. The molecule has 3 rings (SSSR count). The lowest BCUT2D eigenvalue weighted by atomic mass is 9.91. The zero-order valence-corrected chi connectivity index (χ0v) is 19.3. The molecule has 0 aliphatic carbocycles. The molecule has 0 unspecified atom stereocenters. The van der Waals surface area contributed by atoms with Crippen molar-refractivity contribution in [3.63, 3.8) is 0 Å². The number of hydrogen-bond donors (Lipinski definition) is 0. The van der Waals surface area contributed by atoms with Gasteiger partial charge in [-0.2, -0.15) is 5.10 Å². The lowest BCUT2D eigenvalue weighted by Crippen LogP contribution is -2.48. The molecule has 30 heavy (non-hydrogen) atoms. The third-order valence-corrected chi connectivity index (χ3v) is 7.15. The third-order valence-electron chi connectivity index (χ3n) is 7.15. The zero-order valence-electron chi connectivity index (χ0n) is 19.3. The van der Waals surface area contributed by atoms with Gasteiger partial charge >= 0.3 is 0 Å². The van der Waals surface area contributed by atoms with Gasteiger partial charge in [-0.05, 0) is 57.6 Å². The van der Waals surface area contributed by atoms with Crippen LogP contribution in [-0.2, 0) is 23.1 Å². The number of piperazine rings is 1. The number of aryl methyl sites for hydroxylation is 2. The molecule has 7 heteroatoms. The van der Waals surface area contributed by atoms with Gasteiger partial charge in [-0.15, -0.1) is 0 Å². The number of hydrogen-bond acceptors (Lipinski definition) is 4. The van der Waals surface area contributed by atoms with E-state index in [9.17, 15) is 9.59 Å². The number of likely N-dealkylation sites (N-methyl/N-ethyl adjacent to an activating group) is 1. The summed E-state index contributed by atoms with van der Waals surface area (Å²) in [4.78, 5) is 31.6. The van der Waals surface area contributed by atoms with E-state index in [2.05, 4.69) is 23.8 Å². The molecular weight excluding hydrogens is 378 g/mol. The molecule has 1 aromatic rings. The number of likely N-dealkylation sites (tertiary alicyclic amines) is 1. The van der Waals surface area contributed by atoms with Crippen molar-refractivity contribution < 1.29 is 9.59 Å². The average Bonchev–Trinajstić information content (AvgIpc) is 3.01. The third kappa shape index (κ3) is 5.62. The first-order valence-corrected chi connectivity index (χ1v) is 11.7. The van der Waals surface area contributed by atoms with Crippen LogP contribution in [0.2, 0.25) is 0 Å². The topological polar surface area (TPSA) is 61.7 Å². The number of rotatable bonds is 7. The Bertz CT molecular complexity index is 728. The molecule has 2 aliphatic rings. The molecular formula is C23H39N5O2. The number of carbonyl (C=O) groups is 2. The lowest BCUT2D eigenvalue weighted by molar-refractivity contribution is -0.134. The fraction of sp³-hybridized carbons (Fsp3) is 0.783. The molecule has 1 aromatic heterocycles. The summed E-state index contributed by atoms with van der Waals surface area (Å²) in [5.74, 6) is 1.13. The maximum atomic E-state index is 12.7. The Labute approximate surface area is 181 Å². The molecule has 2 saturated heterocycles. The van der Waals surface area contributed by atoms with Gasteiger partial charge in [0, 0.05) is 64.9 Å². The Morgan fingerprint density at radius 3 is 2.10 bits per heavy atom. The minimum atomic E-state index is 0.251. The smallest absolute Gasteiger partial charge is 0.222 e. The predicted molar refractivity (Wildman–Crippen MR) is 118 cm³/mol. The standard InChI is InChI=1S/C23H39N5O2/c1-5-26-14-16-28(17-15-26)22(29)8-6-20-10-12-27(13-11-20)23(30)9-7-21-18(2)24-25(4)19(21)3/h20H,5-17H2,1-4H3. The summed E-state index contributed by atoms with van der Waals surface area (Å²) < 4.78 is 1.89. The quantitative estimate of drug-likeness (QED) is 0.682. The number of carbonyl (C=O) groups excluding carboxylic acids is 2. The van der Waals surface area contributed by atoms with Crippen molar-refractivity contribution in [2.45, 2.75) is 59.3 Å². The second kappa shape index (κ2) is 10.4. The largest absolute Gasteiger partial charge is 0.343 e. The highest BCUT2D eigenvalue weighted by Crippen LogP contribution is 2.24. The Morgan fingerprint density at radius 2 is 1.53 bits per heavy atom. The molecule has 0 atom stereocenters. The van der Waals surface area contributed by atoms with Crippen LogP contribution >= 0.6 is 0 Å². The van der Waals surface area contributed by atoms with Crippen molar-refractivity contribution in [2.24, 2.45) is 13.0 Å². The minimum Gasteiger partial charge on any atom is -0.343 e. The van der Waals surface area contributed by atoms with Gasteiger partial charge in [0.05, 0.1) is 5.69 Å². The van der Waals surface area contributed by atoms with Crippen LogP contribution < -0.4 is 0 Å². The number of piperidine rings is 1. The highest BCUT2D eigenvalue weighted by Gasteiger charge is 2.25. The molecule has 0 saturated carbocycles. The first kappa shape index (κ1) is 22.8. The zero-order chi connectivity index (χ0) is 21.7. The number of amides is 2. The summed E-state index contributed by atoms with van der Waals surface area (Å²) in [6, 6.07) is 0. The van der Waals surface area contributed by atoms with Crippen LogP contribution in [0, 0.1) is 19.8 Å². The number of nitrogens with zero attached hydrogens (tertiary/aromatic N) is 5. The van der Waals surface area contributed by atoms with Crippen LogP contribution in [0.15, 0.2) is 0 Å². The van der Waals surface area contributed by atoms with E-state index in [4.69, 9.17) is 0 Å². The van der Waals surface area contributed by atoms with Crippen molar-refractivity contribution >= 4 is 11.8 Å². The van der Waals surface area contributed by atoms with Gasteiger partial charge in [0.25, 0.3) is 0 Å². The Morgan fingerprint density at radius 1 is 0.933 bits per heavy atom. The van der Waals surface area contributed by atoms with E-state index < -0.39 is 0 Å². The summed E-state index contributed by atoms with van der Waals surface area (Å²) in [7, 11) is 1.95. The molecule has 3 heterocycles. The maximum absolute atomic E-state index is 12.7. The molecule has 0 aromatic carbocycles. The molecule has 0 spiro atoms. The van der Waals surface area contributed by atoms with E-state index >= 15 is 0 Å². The van der Waals surface area contributed by atoms with Gasteiger partial charge in [-0.25, -0.2) is 0 Å². The molecule has 2 amide bonds. The molecule has 7 nitrogen and oxygen atoms in total. The summed E-state index contributed by atoms with van der Waals surface area (Å²) in [5.41, 5.74) is 3.39. The molecule has 0 N–H and O–H groups in total. The van der Waals surface area contributed by atoms with Crippen molar-refractivity contribution in [1.29, 1.82) is 0 Å². The van der Waals surface area contributed by atoms with Crippen molar-refractivity contribution in [3.8, 4) is 0 Å². The van der Waals surface area contributed by atoms with E-state index in [1.165, 1.54) is 5.56 Å². The van der Waals surface area contributed by atoms with Crippen LogP contribution in [-0.4, -0.2) is 82.1 Å². The number of aromatic nitrogens is 2. The van der Waals surface area contributed by atoms with E-state index in [1.807, 2.05) is 28.5 Å². The van der Waals surface area contributed by atoms with Crippen molar-refractivity contribution in [1.82, 2.24) is 24.5 Å². The Hall–Kier alpha value is -1.89. The fourth-order valence-electron chi connectivity index (χ4n) is 4.84. The molecule has 168 valence electrons. The SMILES string of the molecule is CCN1CCN(C(=O)CCC2CCN(C(=O)CCc3c(C)nn(C)c3C)CC2)CC1. The molecule has 0 radical (unpaired) electrons. The molecule has 2 fully saturated rings. The summed E-state index contributed by atoms with van der Waals surface area (Å²) in [6.45, 7) is 12.7. The van der Waals surface area contributed by atoms with Gasteiger partial charge in [-0.1, -0.05) is 6.92 Å². The van der Waals surface area contributed by atoms with E-state index in [0.717, 1.165) is 82.9 Å². The van der Waals surface area contributed by atoms with Crippen LogP contribution in [0.1, 0.15) is 56.0 Å². The van der Waals surface area contributed by atoms with E-state index in [1.54, 1.807) is 0 Å². The summed E-state index contributed by atoms with van der Waals surface area (Å²) in [6.07, 6.45) is 4.98. The summed E-state index contributed by atoms with van der Waals surface area (Å²) in [5, 5.41) is 4.45. The van der Waals surface area contributed by atoms with Gasteiger partial charge in [0.2, 0.25) is 11.8 Å². The minimum absolute atomic E-state index is 0.251. The van der Waals surface area contributed by atoms with Crippen molar-refractivity contribution in [3.05, 3.63) is 17.0 Å². The van der Waals surface area contributed by atoms with E-state index in [-0.39, 0.29) is 5.91 Å². The average molecular weight is 418 g/mol. The fourth-order valence-corrected chi connectivity index (χ4v) is 4.84. The van der Waals surface area contributed by atoms with Gasteiger partial charge < -0.3 is 14.7 Å². The van der Waals surface area contributed by atoms with Gasteiger partial charge in [-0.3, -0.25) is 14.3 Å². The Balaban J connectivity index is 1.35. The second-order valence-electron chi connectivity index (χ2n) is 8.95. The van der Waals surface area contributed by atoms with Crippen LogP contribution in [0.4, 0.5) is 0 Å². The lowest BCUT2D eigenvalue weighted by Gasteiger charge is -2.35. The molecule has 2 aliphatic heterocycles. The predicted octanol–water partition coefficient (Wildman–Crippen LogP) is 2.15. The first-order chi connectivity index (χ1) is 14.4. The second-order valence-corrected chi connectivity index (χ2v) is 8.95.